The minimum Gasteiger partial charge on any atom is -0.308 e. The van der Waals surface area contributed by atoms with Crippen LogP contribution in [0.4, 0.5) is 11.6 Å². The molecule has 158 valence electrons. The minimum absolute atomic E-state index is 0.203. The van der Waals surface area contributed by atoms with Crippen molar-refractivity contribution in [3.05, 3.63) is 71.6 Å². The Bertz CT molecular complexity index is 1360. The summed E-state index contributed by atoms with van der Waals surface area (Å²) < 4.78 is 30.1. The van der Waals surface area contributed by atoms with Gasteiger partial charge >= 0.3 is 0 Å². The second-order valence-electron chi connectivity index (χ2n) is 7.38. The van der Waals surface area contributed by atoms with Crippen LogP contribution in [-0.4, -0.2) is 37.0 Å². The quantitative estimate of drug-likeness (QED) is 0.463. The number of amides is 1. The topological polar surface area (TPSA) is 75.5 Å². The molecule has 5 rings (SSSR count). The third kappa shape index (κ3) is 3.39. The molecule has 9 heteroatoms. The molecular formula is C22H20N4O3S2. The molecule has 7 nitrogen and oxygen atoms in total. The first kappa shape index (κ1) is 19.8. The van der Waals surface area contributed by atoms with E-state index < -0.39 is 10.0 Å². The molecule has 1 amide bonds. The zero-order chi connectivity index (χ0) is 21.6. The van der Waals surface area contributed by atoms with Crippen LogP contribution in [0.25, 0.3) is 11.0 Å². The summed E-state index contributed by atoms with van der Waals surface area (Å²) in [6, 6.07) is 18.1. The number of carbonyl (C=O) groups is 1. The molecule has 0 spiro atoms. The normalized spacial score (nSPS) is 13.5. The number of sulfonamides is 1. The molecule has 2 aromatic carbocycles. The lowest BCUT2D eigenvalue weighted by Gasteiger charge is -2.25. The van der Waals surface area contributed by atoms with Gasteiger partial charge in [0.1, 0.15) is 10.8 Å². The number of fused-ring (bicyclic) bond motifs is 3. The number of para-hydroxylation sites is 2. The van der Waals surface area contributed by atoms with E-state index in [9.17, 15) is 13.2 Å². The maximum atomic E-state index is 13.4. The van der Waals surface area contributed by atoms with Crippen molar-refractivity contribution >= 4 is 49.9 Å². The van der Waals surface area contributed by atoms with Gasteiger partial charge in [-0.2, -0.15) is 0 Å². The van der Waals surface area contributed by atoms with E-state index in [2.05, 4.69) is 4.98 Å². The second-order valence-corrected chi connectivity index (χ2v) is 10.4. The van der Waals surface area contributed by atoms with E-state index in [1.165, 1.54) is 4.31 Å². The van der Waals surface area contributed by atoms with Gasteiger partial charge in [0.15, 0.2) is 0 Å². The number of imidazole rings is 1. The number of aryl methyl sites for hydroxylation is 1. The lowest BCUT2D eigenvalue weighted by molar-refractivity contribution is -0.117. The molecule has 0 aliphatic carbocycles. The van der Waals surface area contributed by atoms with Gasteiger partial charge in [0.25, 0.3) is 10.0 Å². The number of aromatic nitrogens is 2. The van der Waals surface area contributed by atoms with Gasteiger partial charge < -0.3 is 4.57 Å². The van der Waals surface area contributed by atoms with Crippen molar-refractivity contribution in [3.8, 4) is 0 Å². The third-order valence-electron chi connectivity index (χ3n) is 5.36. The SMILES string of the molecule is Cc1ccc(N(CC(=O)N2CCn3c2nc2ccccc23)S(=O)(=O)c2cccs2)cc1. The van der Waals surface area contributed by atoms with E-state index in [1.807, 2.05) is 47.9 Å². The molecule has 0 saturated heterocycles. The summed E-state index contributed by atoms with van der Waals surface area (Å²) in [6.45, 7) is 2.73. The number of benzene rings is 2. The molecule has 0 saturated carbocycles. The van der Waals surface area contributed by atoms with Crippen molar-refractivity contribution < 1.29 is 13.2 Å². The highest BCUT2D eigenvalue weighted by Crippen LogP contribution is 2.30. The zero-order valence-electron chi connectivity index (χ0n) is 16.8. The summed E-state index contributed by atoms with van der Waals surface area (Å²) in [5, 5.41) is 1.71. The van der Waals surface area contributed by atoms with Crippen molar-refractivity contribution in [1.29, 1.82) is 0 Å². The van der Waals surface area contributed by atoms with Crippen LogP contribution in [0.5, 0.6) is 0 Å². The Morgan fingerprint density at radius 3 is 2.58 bits per heavy atom. The van der Waals surface area contributed by atoms with Gasteiger partial charge in [-0.05, 0) is 42.6 Å². The first-order valence-corrected chi connectivity index (χ1v) is 12.2. The van der Waals surface area contributed by atoms with Crippen molar-refractivity contribution in [2.75, 3.05) is 22.3 Å². The summed E-state index contributed by atoms with van der Waals surface area (Å²) in [5.41, 5.74) is 3.25. The monoisotopic (exact) mass is 452 g/mol. The number of rotatable bonds is 5. The molecule has 1 aliphatic heterocycles. The molecule has 2 aromatic heterocycles. The van der Waals surface area contributed by atoms with E-state index in [-0.39, 0.29) is 16.7 Å². The standard InChI is InChI=1S/C22H20N4O3S2/c1-16-8-10-17(11-9-16)26(31(28,29)21-7-4-14-30-21)15-20(27)25-13-12-24-19-6-3-2-5-18(19)23-22(24)25/h2-11,14H,12-13,15H2,1H3. The number of thiophene rings is 1. The fourth-order valence-electron chi connectivity index (χ4n) is 3.78. The minimum atomic E-state index is -3.87. The van der Waals surface area contributed by atoms with Crippen LogP contribution in [0, 0.1) is 6.92 Å². The van der Waals surface area contributed by atoms with E-state index in [4.69, 9.17) is 0 Å². The maximum Gasteiger partial charge on any atom is 0.274 e. The largest absolute Gasteiger partial charge is 0.308 e. The van der Waals surface area contributed by atoms with Crippen molar-refractivity contribution in [2.24, 2.45) is 0 Å². The fraction of sp³-hybridized carbons (Fsp3) is 0.182. The summed E-state index contributed by atoms with van der Waals surface area (Å²) in [4.78, 5) is 19.5. The molecule has 31 heavy (non-hydrogen) atoms. The molecule has 0 bridgehead atoms. The Hall–Kier alpha value is -3.17. The highest BCUT2D eigenvalue weighted by molar-refractivity contribution is 7.94. The van der Waals surface area contributed by atoms with Gasteiger partial charge in [0.05, 0.1) is 16.7 Å². The Kier molecular flexibility index (Phi) is 4.79. The van der Waals surface area contributed by atoms with E-state index in [0.717, 1.165) is 27.9 Å². The van der Waals surface area contributed by atoms with Gasteiger partial charge in [0, 0.05) is 13.1 Å². The zero-order valence-corrected chi connectivity index (χ0v) is 18.4. The predicted octanol–water partition coefficient (Wildman–Crippen LogP) is 3.65. The van der Waals surface area contributed by atoms with Gasteiger partial charge in [-0.15, -0.1) is 11.3 Å². The van der Waals surface area contributed by atoms with Crippen LogP contribution in [-0.2, 0) is 21.4 Å². The van der Waals surface area contributed by atoms with E-state index in [0.29, 0.717) is 24.7 Å². The van der Waals surface area contributed by atoms with Gasteiger partial charge in [-0.3, -0.25) is 14.0 Å². The van der Waals surface area contributed by atoms with Gasteiger partial charge in [-0.25, -0.2) is 13.4 Å². The van der Waals surface area contributed by atoms with Crippen LogP contribution in [0.3, 0.4) is 0 Å². The molecular weight excluding hydrogens is 432 g/mol. The lowest BCUT2D eigenvalue weighted by Crippen LogP contribution is -2.42. The number of anilines is 2. The highest BCUT2D eigenvalue weighted by atomic mass is 32.2. The molecule has 0 fully saturated rings. The predicted molar refractivity (Wildman–Crippen MR) is 122 cm³/mol. The average molecular weight is 453 g/mol. The number of carbonyl (C=O) groups excluding carboxylic acids is 1. The molecule has 0 atom stereocenters. The number of hydrogen-bond donors (Lipinski definition) is 0. The summed E-state index contributed by atoms with van der Waals surface area (Å²) >= 11 is 1.14. The average Bonchev–Trinajstić information content (AvgIpc) is 3.49. The molecule has 3 heterocycles. The Morgan fingerprint density at radius 2 is 1.84 bits per heavy atom. The molecule has 0 radical (unpaired) electrons. The molecule has 0 N–H and O–H groups in total. The fourth-order valence-corrected chi connectivity index (χ4v) is 6.30. The Morgan fingerprint density at radius 1 is 1.06 bits per heavy atom. The van der Waals surface area contributed by atoms with E-state index >= 15 is 0 Å². The van der Waals surface area contributed by atoms with Crippen LogP contribution < -0.4 is 9.21 Å². The van der Waals surface area contributed by atoms with Crippen molar-refractivity contribution in [1.82, 2.24) is 9.55 Å². The summed E-state index contributed by atoms with van der Waals surface area (Å²) in [6.07, 6.45) is 0. The van der Waals surface area contributed by atoms with Crippen LogP contribution in [0.1, 0.15) is 5.56 Å². The van der Waals surface area contributed by atoms with Crippen molar-refractivity contribution in [2.45, 2.75) is 17.7 Å². The third-order valence-corrected chi connectivity index (χ3v) is 8.51. The van der Waals surface area contributed by atoms with Crippen LogP contribution in [0.2, 0.25) is 0 Å². The maximum absolute atomic E-state index is 13.4. The van der Waals surface area contributed by atoms with Crippen LogP contribution >= 0.6 is 11.3 Å². The van der Waals surface area contributed by atoms with Crippen LogP contribution in [0.15, 0.2) is 70.3 Å². The Balaban J connectivity index is 1.50. The second kappa shape index (κ2) is 7.51. The molecule has 4 aromatic rings. The number of nitrogens with zero attached hydrogens (tertiary/aromatic N) is 4. The summed E-state index contributed by atoms with van der Waals surface area (Å²) in [7, 11) is -3.87. The molecule has 1 aliphatic rings. The highest BCUT2D eigenvalue weighted by Gasteiger charge is 2.33. The smallest absolute Gasteiger partial charge is 0.274 e. The summed E-state index contributed by atoms with van der Waals surface area (Å²) in [5.74, 6) is 0.248. The van der Waals surface area contributed by atoms with Gasteiger partial charge in [0.2, 0.25) is 11.9 Å². The lowest BCUT2D eigenvalue weighted by atomic mass is 10.2. The molecule has 0 unspecified atom stereocenters. The first-order valence-electron chi connectivity index (χ1n) is 9.84. The number of hydrogen-bond acceptors (Lipinski definition) is 5. The van der Waals surface area contributed by atoms with Crippen molar-refractivity contribution in [3.63, 3.8) is 0 Å². The Labute approximate surface area is 184 Å². The van der Waals surface area contributed by atoms with Gasteiger partial charge in [-0.1, -0.05) is 35.9 Å². The first-order chi connectivity index (χ1) is 14.9. The van der Waals surface area contributed by atoms with E-state index in [1.54, 1.807) is 34.5 Å².